The fraction of sp³-hybridized carbons (Fsp3) is 0.429. The first-order chi connectivity index (χ1) is 9.47. The summed E-state index contributed by atoms with van der Waals surface area (Å²) in [4.78, 5) is 26.7. The molecule has 2 rings (SSSR count). The second-order valence-electron chi connectivity index (χ2n) is 4.81. The largest absolute Gasteiger partial charge is 0.341 e. The fourth-order valence-corrected chi connectivity index (χ4v) is 2.30. The van der Waals surface area contributed by atoms with Crippen molar-refractivity contribution in [1.29, 1.82) is 0 Å². The Hall–Kier alpha value is -1.98. The van der Waals surface area contributed by atoms with Crippen LogP contribution in [0.4, 0.5) is 8.78 Å². The van der Waals surface area contributed by atoms with Gasteiger partial charge in [0.1, 0.15) is 11.6 Å². The first kappa shape index (κ1) is 14.4. The second-order valence-corrected chi connectivity index (χ2v) is 4.81. The van der Waals surface area contributed by atoms with Gasteiger partial charge in [-0.05, 0) is 18.6 Å². The first-order valence-corrected chi connectivity index (χ1v) is 6.48. The van der Waals surface area contributed by atoms with Crippen molar-refractivity contribution in [2.75, 3.05) is 26.2 Å². The third kappa shape index (κ3) is 3.31. The Morgan fingerprint density at radius 2 is 1.50 bits per heavy atom. The number of nitrogens with zero attached hydrogens (tertiary/aromatic N) is 2. The van der Waals surface area contributed by atoms with Gasteiger partial charge in [0.05, 0.1) is 0 Å². The highest BCUT2D eigenvalue weighted by Crippen LogP contribution is 2.13. The van der Waals surface area contributed by atoms with Crippen molar-refractivity contribution in [3.8, 4) is 0 Å². The van der Waals surface area contributed by atoms with Crippen LogP contribution in [0.2, 0.25) is 0 Å². The maximum atomic E-state index is 13.1. The highest BCUT2D eigenvalue weighted by atomic mass is 19.1. The minimum absolute atomic E-state index is 0.00113. The summed E-state index contributed by atoms with van der Waals surface area (Å²) in [6.07, 6.45) is 0.656. The average Bonchev–Trinajstić information content (AvgIpc) is 2.62. The smallest absolute Gasteiger partial charge is 0.254 e. The lowest BCUT2D eigenvalue weighted by Crippen LogP contribution is -2.36. The summed E-state index contributed by atoms with van der Waals surface area (Å²) < 4.78 is 26.3. The number of rotatable bonds is 1. The van der Waals surface area contributed by atoms with Crippen LogP contribution in [0.5, 0.6) is 0 Å². The molecule has 0 radical (unpaired) electrons. The van der Waals surface area contributed by atoms with Gasteiger partial charge in [0.2, 0.25) is 5.91 Å². The molecule has 1 heterocycles. The van der Waals surface area contributed by atoms with Gasteiger partial charge in [-0.1, -0.05) is 0 Å². The molecule has 1 aliphatic heterocycles. The maximum Gasteiger partial charge on any atom is 0.254 e. The molecular formula is C14H16F2N2O2. The predicted octanol–water partition coefficient (Wildman–Crippen LogP) is 1.66. The van der Waals surface area contributed by atoms with Gasteiger partial charge in [-0.15, -0.1) is 0 Å². The molecule has 108 valence electrons. The Morgan fingerprint density at radius 3 is 2.10 bits per heavy atom. The Balaban J connectivity index is 2.11. The van der Waals surface area contributed by atoms with Crippen LogP contribution in [0.25, 0.3) is 0 Å². The highest BCUT2D eigenvalue weighted by Gasteiger charge is 2.22. The molecule has 2 amide bonds. The van der Waals surface area contributed by atoms with E-state index in [1.165, 1.54) is 11.8 Å². The zero-order valence-corrected chi connectivity index (χ0v) is 11.2. The van der Waals surface area contributed by atoms with Gasteiger partial charge in [-0.2, -0.15) is 0 Å². The van der Waals surface area contributed by atoms with Crippen LogP contribution in [0.15, 0.2) is 18.2 Å². The molecule has 1 aromatic rings. The summed E-state index contributed by atoms with van der Waals surface area (Å²) >= 11 is 0. The van der Waals surface area contributed by atoms with Gasteiger partial charge in [0, 0.05) is 44.7 Å². The third-order valence-electron chi connectivity index (χ3n) is 3.34. The summed E-state index contributed by atoms with van der Waals surface area (Å²) in [6.45, 7) is 3.37. The molecule has 0 saturated carbocycles. The van der Waals surface area contributed by atoms with E-state index in [4.69, 9.17) is 0 Å². The number of hydrogen-bond acceptors (Lipinski definition) is 2. The fourth-order valence-electron chi connectivity index (χ4n) is 2.30. The molecule has 0 aliphatic carbocycles. The highest BCUT2D eigenvalue weighted by molar-refractivity contribution is 5.94. The Bertz CT molecular complexity index is 514. The monoisotopic (exact) mass is 282 g/mol. The standard InChI is InChI=1S/C14H16F2N2O2/c1-10(19)17-3-2-4-18(6-5-17)14(20)11-7-12(15)9-13(16)8-11/h7-9H,2-6H2,1H3. The zero-order valence-electron chi connectivity index (χ0n) is 11.2. The van der Waals surface area contributed by atoms with Crippen molar-refractivity contribution in [2.45, 2.75) is 13.3 Å². The summed E-state index contributed by atoms with van der Waals surface area (Å²) in [5, 5.41) is 0. The molecule has 4 nitrogen and oxygen atoms in total. The topological polar surface area (TPSA) is 40.6 Å². The molecule has 6 heteroatoms. The van der Waals surface area contributed by atoms with E-state index < -0.39 is 17.5 Å². The minimum Gasteiger partial charge on any atom is -0.341 e. The van der Waals surface area contributed by atoms with Gasteiger partial charge < -0.3 is 9.80 Å². The SMILES string of the molecule is CC(=O)N1CCCN(C(=O)c2cc(F)cc(F)c2)CC1. The van der Waals surface area contributed by atoms with Crippen molar-refractivity contribution in [2.24, 2.45) is 0 Å². The van der Waals surface area contributed by atoms with Crippen molar-refractivity contribution in [3.05, 3.63) is 35.4 Å². The lowest BCUT2D eigenvalue weighted by molar-refractivity contribution is -0.128. The average molecular weight is 282 g/mol. The van der Waals surface area contributed by atoms with E-state index in [0.717, 1.165) is 18.2 Å². The van der Waals surface area contributed by atoms with E-state index in [2.05, 4.69) is 0 Å². The van der Waals surface area contributed by atoms with E-state index in [1.54, 1.807) is 4.90 Å². The quantitative estimate of drug-likeness (QED) is 0.786. The number of carbonyl (C=O) groups excluding carboxylic acids is 2. The minimum atomic E-state index is -0.770. The van der Waals surface area contributed by atoms with Gasteiger partial charge in [0.25, 0.3) is 5.91 Å². The molecule has 0 bridgehead atoms. The molecule has 0 unspecified atom stereocenters. The van der Waals surface area contributed by atoms with Crippen LogP contribution in [0, 0.1) is 11.6 Å². The number of halogens is 2. The molecule has 0 atom stereocenters. The van der Waals surface area contributed by atoms with Crippen LogP contribution in [0.1, 0.15) is 23.7 Å². The summed E-state index contributed by atoms with van der Waals surface area (Å²) in [6, 6.07) is 2.79. The van der Waals surface area contributed by atoms with Crippen molar-refractivity contribution in [1.82, 2.24) is 9.80 Å². The molecule has 0 N–H and O–H groups in total. The molecule has 0 aromatic heterocycles. The van der Waals surface area contributed by atoms with E-state index >= 15 is 0 Å². The number of amides is 2. The Labute approximate surface area is 116 Å². The van der Waals surface area contributed by atoms with Crippen LogP contribution in [-0.4, -0.2) is 47.8 Å². The molecule has 1 fully saturated rings. The zero-order chi connectivity index (χ0) is 14.7. The molecule has 1 aliphatic rings. The van der Waals surface area contributed by atoms with Crippen LogP contribution < -0.4 is 0 Å². The van der Waals surface area contributed by atoms with Crippen LogP contribution >= 0.6 is 0 Å². The van der Waals surface area contributed by atoms with Gasteiger partial charge in [0.15, 0.2) is 0 Å². The Kier molecular flexibility index (Phi) is 4.32. The van der Waals surface area contributed by atoms with Gasteiger partial charge >= 0.3 is 0 Å². The van der Waals surface area contributed by atoms with E-state index in [1.807, 2.05) is 0 Å². The lowest BCUT2D eigenvalue weighted by atomic mass is 10.2. The van der Waals surface area contributed by atoms with E-state index in [0.29, 0.717) is 32.6 Å². The normalized spacial score (nSPS) is 15.9. The van der Waals surface area contributed by atoms with Crippen LogP contribution in [-0.2, 0) is 4.79 Å². The lowest BCUT2D eigenvalue weighted by Gasteiger charge is -2.21. The van der Waals surface area contributed by atoms with Crippen molar-refractivity contribution in [3.63, 3.8) is 0 Å². The maximum absolute atomic E-state index is 13.1. The van der Waals surface area contributed by atoms with E-state index in [9.17, 15) is 18.4 Å². The van der Waals surface area contributed by atoms with Crippen molar-refractivity contribution < 1.29 is 18.4 Å². The molecule has 20 heavy (non-hydrogen) atoms. The van der Waals surface area contributed by atoms with E-state index in [-0.39, 0.29) is 11.5 Å². The molecule has 0 spiro atoms. The van der Waals surface area contributed by atoms with Gasteiger partial charge in [-0.3, -0.25) is 9.59 Å². The first-order valence-electron chi connectivity index (χ1n) is 6.48. The number of hydrogen-bond donors (Lipinski definition) is 0. The molecule has 1 saturated heterocycles. The predicted molar refractivity (Wildman–Crippen MR) is 69.1 cm³/mol. The summed E-state index contributed by atoms with van der Waals surface area (Å²) in [5.41, 5.74) is -0.00113. The molecule has 1 aromatic carbocycles. The number of carbonyl (C=O) groups is 2. The van der Waals surface area contributed by atoms with Gasteiger partial charge in [-0.25, -0.2) is 8.78 Å². The van der Waals surface area contributed by atoms with Crippen LogP contribution in [0.3, 0.4) is 0 Å². The number of benzene rings is 1. The second kappa shape index (κ2) is 5.98. The summed E-state index contributed by atoms with van der Waals surface area (Å²) in [5.74, 6) is -1.98. The summed E-state index contributed by atoms with van der Waals surface area (Å²) in [7, 11) is 0. The molecular weight excluding hydrogens is 266 g/mol. The van der Waals surface area contributed by atoms with Crippen molar-refractivity contribution >= 4 is 11.8 Å². The Morgan fingerprint density at radius 1 is 0.950 bits per heavy atom. The third-order valence-corrected chi connectivity index (χ3v) is 3.34.